The topological polar surface area (TPSA) is 64.6 Å². The minimum absolute atomic E-state index is 0.110. The van der Waals surface area contributed by atoms with Crippen LogP contribution < -0.4 is 10.1 Å². The number of nitrogens with one attached hydrogen (secondary N) is 1. The Morgan fingerprint density at radius 1 is 1.37 bits per heavy atom. The van der Waals surface area contributed by atoms with E-state index in [1.54, 1.807) is 19.2 Å². The van der Waals surface area contributed by atoms with E-state index < -0.39 is 0 Å². The lowest BCUT2D eigenvalue weighted by molar-refractivity contribution is -0.123. The zero-order valence-corrected chi connectivity index (χ0v) is 13.4. The first-order chi connectivity index (χ1) is 9.08. The summed E-state index contributed by atoms with van der Waals surface area (Å²) < 4.78 is 11.4. The van der Waals surface area contributed by atoms with Crippen LogP contribution in [0.2, 0.25) is 0 Å². The molecule has 0 spiro atoms. The molecule has 5 nitrogen and oxygen atoms in total. The standard InChI is InChI=1S/C12H13Br2NO4/c1-18-3-2-15-11(17)7-19-12-9(13)4-8(6-16)5-10(12)14/h4-6H,2-3,7H2,1H3,(H,15,17). The third-order valence-electron chi connectivity index (χ3n) is 2.13. The fourth-order valence-corrected chi connectivity index (χ4v) is 2.72. The third-order valence-corrected chi connectivity index (χ3v) is 3.31. The van der Waals surface area contributed by atoms with Crippen molar-refractivity contribution in [2.24, 2.45) is 0 Å². The van der Waals surface area contributed by atoms with E-state index >= 15 is 0 Å². The molecule has 0 aromatic heterocycles. The number of halogens is 2. The van der Waals surface area contributed by atoms with Gasteiger partial charge >= 0.3 is 0 Å². The largest absolute Gasteiger partial charge is 0.481 e. The Bertz CT molecular complexity index is 442. The first-order valence-corrected chi connectivity index (χ1v) is 6.99. The molecule has 1 amide bonds. The lowest BCUT2D eigenvalue weighted by Crippen LogP contribution is -2.31. The molecule has 0 bridgehead atoms. The minimum atomic E-state index is -0.240. The number of hydrogen-bond donors (Lipinski definition) is 1. The summed E-state index contributed by atoms with van der Waals surface area (Å²) in [4.78, 5) is 22.1. The van der Waals surface area contributed by atoms with Crippen LogP contribution in [-0.4, -0.2) is 39.1 Å². The van der Waals surface area contributed by atoms with Gasteiger partial charge in [0.1, 0.15) is 12.0 Å². The van der Waals surface area contributed by atoms with Crippen molar-refractivity contribution in [3.8, 4) is 5.75 Å². The van der Waals surface area contributed by atoms with Crippen molar-refractivity contribution in [3.63, 3.8) is 0 Å². The molecule has 19 heavy (non-hydrogen) atoms. The number of carbonyl (C=O) groups is 2. The van der Waals surface area contributed by atoms with Crippen LogP contribution in [0, 0.1) is 0 Å². The Kier molecular flexibility index (Phi) is 7.04. The van der Waals surface area contributed by atoms with Crippen LogP contribution in [0.5, 0.6) is 5.75 Å². The predicted molar refractivity (Wildman–Crippen MR) is 77.6 cm³/mol. The van der Waals surface area contributed by atoms with E-state index in [9.17, 15) is 9.59 Å². The van der Waals surface area contributed by atoms with Crippen molar-refractivity contribution >= 4 is 44.1 Å². The quantitative estimate of drug-likeness (QED) is 0.568. The van der Waals surface area contributed by atoms with E-state index in [2.05, 4.69) is 37.2 Å². The number of hydrogen-bond acceptors (Lipinski definition) is 4. The number of aldehydes is 1. The van der Waals surface area contributed by atoms with Crippen LogP contribution >= 0.6 is 31.9 Å². The highest BCUT2D eigenvalue weighted by Gasteiger charge is 2.10. The highest BCUT2D eigenvalue weighted by atomic mass is 79.9. The molecule has 0 fully saturated rings. The van der Waals surface area contributed by atoms with Gasteiger partial charge in [-0.15, -0.1) is 0 Å². The second kappa shape index (κ2) is 8.29. The number of rotatable bonds is 7. The summed E-state index contributed by atoms with van der Waals surface area (Å²) >= 11 is 6.57. The fourth-order valence-electron chi connectivity index (χ4n) is 1.27. The van der Waals surface area contributed by atoms with Gasteiger partial charge in [-0.25, -0.2) is 0 Å². The Labute approximate surface area is 127 Å². The summed E-state index contributed by atoms with van der Waals surface area (Å²) in [6, 6.07) is 3.24. The maximum absolute atomic E-state index is 11.5. The molecule has 1 rings (SSSR count). The monoisotopic (exact) mass is 393 g/mol. The van der Waals surface area contributed by atoms with Gasteiger partial charge in [-0.1, -0.05) is 0 Å². The molecule has 0 atom stereocenters. The van der Waals surface area contributed by atoms with Crippen molar-refractivity contribution in [3.05, 3.63) is 26.6 Å². The number of benzene rings is 1. The van der Waals surface area contributed by atoms with Gasteiger partial charge in [0.05, 0.1) is 15.6 Å². The molecular weight excluding hydrogens is 382 g/mol. The summed E-state index contributed by atoms with van der Waals surface area (Å²) in [6.45, 7) is 0.777. The fraction of sp³-hybridized carbons (Fsp3) is 0.333. The predicted octanol–water partition coefficient (Wildman–Crippen LogP) is 2.17. The van der Waals surface area contributed by atoms with E-state index in [1.165, 1.54) is 0 Å². The third kappa shape index (κ3) is 5.30. The molecule has 0 saturated heterocycles. The van der Waals surface area contributed by atoms with Crippen LogP contribution in [0.1, 0.15) is 10.4 Å². The van der Waals surface area contributed by atoms with E-state index in [-0.39, 0.29) is 12.5 Å². The molecule has 0 unspecified atom stereocenters. The Morgan fingerprint density at radius 3 is 2.53 bits per heavy atom. The van der Waals surface area contributed by atoms with Crippen molar-refractivity contribution in [2.75, 3.05) is 26.9 Å². The average molecular weight is 395 g/mol. The first kappa shape index (κ1) is 16.1. The van der Waals surface area contributed by atoms with Crippen LogP contribution in [0.4, 0.5) is 0 Å². The number of methoxy groups -OCH3 is 1. The summed E-state index contributed by atoms with van der Waals surface area (Å²) in [5.74, 6) is 0.239. The summed E-state index contributed by atoms with van der Waals surface area (Å²) in [6.07, 6.45) is 0.733. The Balaban J connectivity index is 2.58. The minimum Gasteiger partial charge on any atom is -0.481 e. The second-order valence-corrected chi connectivity index (χ2v) is 5.27. The van der Waals surface area contributed by atoms with Gasteiger partial charge in [0, 0.05) is 19.2 Å². The van der Waals surface area contributed by atoms with Gasteiger partial charge in [0.2, 0.25) is 0 Å². The zero-order valence-electron chi connectivity index (χ0n) is 10.2. The van der Waals surface area contributed by atoms with Gasteiger partial charge < -0.3 is 14.8 Å². The molecule has 1 aromatic carbocycles. The molecule has 104 valence electrons. The Hall–Kier alpha value is -0.920. The van der Waals surface area contributed by atoms with Gasteiger partial charge in [-0.3, -0.25) is 9.59 Å². The molecule has 1 N–H and O–H groups in total. The summed E-state index contributed by atoms with van der Waals surface area (Å²) in [5.41, 5.74) is 0.510. The molecule has 0 aliphatic heterocycles. The Morgan fingerprint density at radius 2 is 2.00 bits per heavy atom. The van der Waals surface area contributed by atoms with Crippen LogP contribution in [0.3, 0.4) is 0 Å². The molecule has 0 aliphatic rings. The van der Waals surface area contributed by atoms with Crippen molar-refractivity contribution in [2.45, 2.75) is 0 Å². The van der Waals surface area contributed by atoms with Gasteiger partial charge in [0.25, 0.3) is 5.91 Å². The van der Waals surface area contributed by atoms with Crippen molar-refractivity contribution in [1.82, 2.24) is 5.32 Å². The van der Waals surface area contributed by atoms with E-state index in [0.29, 0.717) is 33.4 Å². The molecule has 0 saturated carbocycles. The van der Waals surface area contributed by atoms with Crippen molar-refractivity contribution < 1.29 is 19.1 Å². The molecular formula is C12H13Br2NO4. The maximum Gasteiger partial charge on any atom is 0.258 e. The highest BCUT2D eigenvalue weighted by molar-refractivity contribution is 9.11. The normalized spacial score (nSPS) is 10.1. The SMILES string of the molecule is COCCNC(=O)COc1c(Br)cc(C=O)cc1Br. The van der Waals surface area contributed by atoms with E-state index in [4.69, 9.17) is 9.47 Å². The first-order valence-electron chi connectivity index (χ1n) is 5.41. The summed E-state index contributed by atoms with van der Waals surface area (Å²) in [7, 11) is 1.56. The van der Waals surface area contributed by atoms with Crippen LogP contribution in [0.15, 0.2) is 21.1 Å². The summed E-state index contributed by atoms with van der Waals surface area (Å²) in [5, 5.41) is 2.64. The van der Waals surface area contributed by atoms with E-state index in [0.717, 1.165) is 6.29 Å². The smallest absolute Gasteiger partial charge is 0.258 e. The van der Waals surface area contributed by atoms with Crippen LogP contribution in [0.25, 0.3) is 0 Å². The average Bonchev–Trinajstić information content (AvgIpc) is 2.37. The lowest BCUT2D eigenvalue weighted by atomic mass is 10.2. The van der Waals surface area contributed by atoms with E-state index in [1.807, 2.05) is 0 Å². The second-order valence-electron chi connectivity index (χ2n) is 3.56. The highest BCUT2D eigenvalue weighted by Crippen LogP contribution is 2.34. The number of amides is 1. The number of carbonyl (C=O) groups excluding carboxylic acids is 2. The van der Waals surface area contributed by atoms with Crippen molar-refractivity contribution in [1.29, 1.82) is 0 Å². The van der Waals surface area contributed by atoms with Gasteiger partial charge in [-0.2, -0.15) is 0 Å². The van der Waals surface area contributed by atoms with Gasteiger partial charge in [0.15, 0.2) is 6.61 Å². The maximum atomic E-state index is 11.5. The molecule has 0 aliphatic carbocycles. The number of ether oxygens (including phenoxy) is 2. The van der Waals surface area contributed by atoms with Gasteiger partial charge in [-0.05, 0) is 44.0 Å². The molecule has 0 heterocycles. The lowest BCUT2D eigenvalue weighted by Gasteiger charge is -2.11. The molecule has 1 aromatic rings. The van der Waals surface area contributed by atoms with Crippen LogP contribution in [-0.2, 0) is 9.53 Å². The molecule has 7 heteroatoms. The zero-order chi connectivity index (χ0) is 14.3. The molecule has 0 radical (unpaired) electrons.